The van der Waals surface area contributed by atoms with Crippen LogP contribution in [0.3, 0.4) is 0 Å². The topological polar surface area (TPSA) is 34.4 Å². The van der Waals surface area contributed by atoms with Gasteiger partial charge in [-0.05, 0) is 24.3 Å². The number of carbonyl (C=O) groups excluding carboxylic acids is 1. The number of pyridine rings is 1. The molecule has 0 aromatic carbocycles. The van der Waals surface area contributed by atoms with Gasteiger partial charge in [0.25, 0.3) is 0 Å². The second-order valence-electron chi connectivity index (χ2n) is 4.02. The molecule has 1 saturated heterocycles. The highest BCUT2D eigenvalue weighted by Crippen LogP contribution is 2.31. The number of carbonyl (C=O) groups is 1. The van der Waals surface area contributed by atoms with E-state index in [1.54, 1.807) is 0 Å². The molecule has 0 bridgehead atoms. The molecular weight excluding hydrogens is 220 g/mol. The Morgan fingerprint density at radius 1 is 1.50 bits per heavy atom. The first-order chi connectivity index (χ1) is 7.88. The van der Waals surface area contributed by atoms with Gasteiger partial charge in [0.05, 0.1) is 11.4 Å². The number of nitrogens with zero attached hydrogens (tertiary/aromatic N) is 2. The molecule has 0 saturated carbocycles. The molecule has 1 fully saturated rings. The lowest BCUT2D eigenvalue weighted by molar-refractivity contribution is 0.111. The summed E-state index contributed by atoms with van der Waals surface area (Å²) >= 11 is 1.98. The normalized spacial score (nSPS) is 20.4. The first-order valence-corrected chi connectivity index (χ1v) is 6.55. The third-order valence-corrected chi connectivity index (χ3v) is 4.17. The highest BCUT2D eigenvalue weighted by atomic mass is 32.2. The zero-order valence-corrected chi connectivity index (χ0v) is 9.61. The zero-order valence-electron chi connectivity index (χ0n) is 8.80. The van der Waals surface area contributed by atoms with Crippen molar-refractivity contribution in [2.75, 3.05) is 11.5 Å². The molecular formula is C12H12N2OS. The van der Waals surface area contributed by atoms with E-state index in [4.69, 9.17) is 0 Å². The molecule has 0 N–H and O–H groups in total. The maximum Gasteiger partial charge on any atom is 0.166 e. The summed E-state index contributed by atoms with van der Waals surface area (Å²) < 4.78 is 1.88. The fourth-order valence-electron chi connectivity index (χ4n) is 2.11. The molecule has 3 nitrogen and oxygen atoms in total. The van der Waals surface area contributed by atoms with E-state index in [2.05, 4.69) is 4.98 Å². The molecule has 82 valence electrons. The van der Waals surface area contributed by atoms with E-state index in [9.17, 15) is 4.79 Å². The minimum atomic E-state index is 0.560. The SMILES string of the molecule is O=Cc1cccc2nc(C3CCSC3)cn12. The van der Waals surface area contributed by atoms with Gasteiger partial charge in [0, 0.05) is 17.9 Å². The van der Waals surface area contributed by atoms with E-state index in [0.29, 0.717) is 11.6 Å². The minimum absolute atomic E-state index is 0.560. The lowest BCUT2D eigenvalue weighted by Gasteiger charge is -2.01. The van der Waals surface area contributed by atoms with E-state index < -0.39 is 0 Å². The Morgan fingerprint density at radius 2 is 2.44 bits per heavy atom. The van der Waals surface area contributed by atoms with Gasteiger partial charge in [-0.1, -0.05) is 6.07 Å². The van der Waals surface area contributed by atoms with Crippen molar-refractivity contribution in [2.24, 2.45) is 0 Å². The molecule has 2 aromatic rings. The van der Waals surface area contributed by atoms with Crippen LogP contribution >= 0.6 is 11.8 Å². The van der Waals surface area contributed by atoms with Gasteiger partial charge in [-0.3, -0.25) is 9.20 Å². The van der Waals surface area contributed by atoms with Gasteiger partial charge in [-0.25, -0.2) is 4.98 Å². The van der Waals surface area contributed by atoms with Crippen LogP contribution in [0.5, 0.6) is 0 Å². The van der Waals surface area contributed by atoms with Crippen molar-refractivity contribution in [3.05, 3.63) is 35.8 Å². The number of rotatable bonds is 2. The largest absolute Gasteiger partial charge is 0.297 e. The average Bonchev–Trinajstić information content (AvgIpc) is 2.96. The van der Waals surface area contributed by atoms with Crippen LogP contribution in [-0.2, 0) is 0 Å². The molecule has 1 atom stereocenters. The van der Waals surface area contributed by atoms with E-state index in [1.165, 1.54) is 12.2 Å². The Balaban J connectivity index is 2.11. The summed E-state index contributed by atoms with van der Waals surface area (Å²) in [7, 11) is 0. The summed E-state index contributed by atoms with van der Waals surface area (Å²) in [5, 5.41) is 0. The smallest absolute Gasteiger partial charge is 0.166 e. The molecule has 1 aliphatic heterocycles. The Labute approximate surface area is 97.9 Å². The van der Waals surface area contributed by atoms with Crippen LogP contribution in [0.25, 0.3) is 5.65 Å². The minimum Gasteiger partial charge on any atom is -0.297 e. The van der Waals surface area contributed by atoms with Crippen LogP contribution in [0.1, 0.15) is 28.5 Å². The van der Waals surface area contributed by atoms with Crippen molar-refractivity contribution in [1.82, 2.24) is 9.38 Å². The first kappa shape index (κ1) is 9.90. The van der Waals surface area contributed by atoms with Crippen LogP contribution in [0.4, 0.5) is 0 Å². The van der Waals surface area contributed by atoms with Crippen LogP contribution in [0.2, 0.25) is 0 Å². The fourth-order valence-corrected chi connectivity index (χ4v) is 3.35. The monoisotopic (exact) mass is 232 g/mol. The highest BCUT2D eigenvalue weighted by Gasteiger charge is 2.20. The number of imidazole rings is 1. The molecule has 0 amide bonds. The van der Waals surface area contributed by atoms with E-state index in [1.807, 2.05) is 40.6 Å². The number of hydrogen-bond donors (Lipinski definition) is 0. The predicted molar refractivity (Wildman–Crippen MR) is 65.3 cm³/mol. The third kappa shape index (κ3) is 1.53. The van der Waals surface area contributed by atoms with Crippen LogP contribution in [0, 0.1) is 0 Å². The number of hydrogen-bond acceptors (Lipinski definition) is 3. The second-order valence-corrected chi connectivity index (χ2v) is 5.17. The Morgan fingerprint density at radius 3 is 3.19 bits per heavy atom. The number of aromatic nitrogens is 2. The quantitative estimate of drug-likeness (QED) is 0.745. The molecule has 0 aliphatic carbocycles. The predicted octanol–water partition coefficient (Wildman–Crippen LogP) is 2.37. The molecule has 3 heterocycles. The van der Waals surface area contributed by atoms with Crippen LogP contribution in [-0.4, -0.2) is 27.2 Å². The van der Waals surface area contributed by atoms with Crippen molar-refractivity contribution in [2.45, 2.75) is 12.3 Å². The van der Waals surface area contributed by atoms with Gasteiger partial charge in [0.1, 0.15) is 5.65 Å². The van der Waals surface area contributed by atoms with Gasteiger partial charge in [-0.2, -0.15) is 11.8 Å². The Bertz CT molecular complexity index is 529. The summed E-state index contributed by atoms with van der Waals surface area (Å²) in [6.45, 7) is 0. The van der Waals surface area contributed by atoms with Crippen LogP contribution in [0.15, 0.2) is 24.4 Å². The van der Waals surface area contributed by atoms with Crippen molar-refractivity contribution in [1.29, 1.82) is 0 Å². The Hall–Kier alpha value is -1.29. The van der Waals surface area contributed by atoms with Crippen LogP contribution < -0.4 is 0 Å². The third-order valence-electron chi connectivity index (χ3n) is 3.01. The molecule has 1 aliphatic rings. The van der Waals surface area contributed by atoms with Gasteiger partial charge in [0.15, 0.2) is 6.29 Å². The number of aldehydes is 1. The molecule has 3 rings (SSSR count). The summed E-state index contributed by atoms with van der Waals surface area (Å²) in [5.41, 5.74) is 2.66. The summed E-state index contributed by atoms with van der Waals surface area (Å²) in [6.07, 6.45) is 4.09. The van der Waals surface area contributed by atoms with E-state index >= 15 is 0 Å². The molecule has 16 heavy (non-hydrogen) atoms. The highest BCUT2D eigenvalue weighted by molar-refractivity contribution is 7.99. The van der Waals surface area contributed by atoms with Crippen molar-refractivity contribution >= 4 is 23.7 Å². The molecule has 2 aromatic heterocycles. The van der Waals surface area contributed by atoms with Crippen molar-refractivity contribution in [3.63, 3.8) is 0 Å². The maximum atomic E-state index is 10.9. The van der Waals surface area contributed by atoms with Gasteiger partial charge < -0.3 is 0 Å². The fraction of sp³-hybridized carbons (Fsp3) is 0.333. The second kappa shape index (κ2) is 3.94. The van der Waals surface area contributed by atoms with Crippen molar-refractivity contribution < 1.29 is 4.79 Å². The number of fused-ring (bicyclic) bond motifs is 1. The number of thioether (sulfide) groups is 1. The molecule has 1 unspecified atom stereocenters. The standard InChI is InChI=1S/C12H12N2OS/c15-7-10-2-1-3-12-13-11(6-14(10)12)9-4-5-16-8-9/h1-3,6-7,9H,4-5,8H2. The van der Waals surface area contributed by atoms with Gasteiger partial charge >= 0.3 is 0 Å². The summed E-state index contributed by atoms with van der Waals surface area (Å²) in [6, 6.07) is 5.63. The zero-order chi connectivity index (χ0) is 11.0. The van der Waals surface area contributed by atoms with Gasteiger partial charge in [-0.15, -0.1) is 0 Å². The first-order valence-electron chi connectivity index (χ1n) is 5.39. The maximum absolute atomic E-state index is 10.9. The van der Waals surface area contributed by atoms with Crippen molar-refractivity contribution in [3.8, 4) is 0 Å². The molecule has 4 heteroatoms. The summed E-state index contributed by atoms with van der Waals surface area (Å²) in [4.78, 5) is 15.5. The molecule has 0 spiro atoms. The van der Waals surface area contributed by atoms with E-state index in [0.717, 1.165) is 23.4 Å². The van der Waals surface area contributed by atoms with Gasteiger partial charge in [0.2, 0.25) is 0 Å². The summed E-state index contributed by atoms with van der Waals surface area (Å²) in [5.74, 6) is 2.93. The lowest BCUT2D eigenvalue weighted by atomic mass is 10.1. The average molecular weight is 232 g/mol. The lowest BCUT2D eigenvalue weighted by Crippen LogP contribution is -1.96. The Kier molecular flexibility index (Phi) is 2.44. The molecule has 0 radical (unpaired) electrons. The van der Waals surface area contributed by atoms with E-state index in [-0.39, 0.29) is 0 Å².